The average molecular weight is 589 g/mol. The molecule has 0 aromatic heterocycles. The number of nitrogens with one attached hydrogen (secondary N) is 1. The second-order valence-electron chi connectivity index (χ2n) is 12.1. The van der Waals surface area contributed by atoms with Gasteiger partial charge in [-0.25, -0.2) is 14.4 Å². The number of cyclic esters (lactones) is 2. The smallest absolute Gasteiger partial charge is 0.335 e. The molecule has 3 aliphatic heterocycles. The Labute approximate surface area is 244 Å². The van der Waals surface area contributed by atoms with Crippen molar-refractivity contribution in [2.75, 3.05) is 33.1 Å². The molecule has 2 spiro atoms. The Morgan fingerprint density at radius 3 is 2.57 bits per heavy atom. The van der Waals surface area contributed by atoms with Crippen molar-refractivity contribution in [3.05, 3.63) is 36.0 Å². The van der Waals surface area contributed by atoms with E-state index in [0.717, 1.165) is 6.42 Å². The molecule has 0 aromatic carbocycles. The monoisotopic (exact) mass is 588 g/mol. The van der Waals surface area contributed by atoms with Crippen LogP contribution < -0.4 is 11.1 Å². The van der Waals surface area contributed by atoms with Crippen LogP contribution in [0.1, 0.15) is 46.5 Å². The first-order valence-corrected chi connectivity index (χ1v) is 14.5. The van der Waals surface area contributed by atoms with Gasteiger partial charge < -0.3 is 39.5 Å². The summed E-state index contributed by atoms with van der Waals surface area (Å²) in [5.74, 6) is -2.65. The zero-order valence-corrected chi connectivity index (χ0v) is 24.3. The molecule has 230 valence electrons. The molecule has 2 aliphatic carbocycles. The summed E-state index contributed by atoms with van der Waals surface area (Å²) in [6.07, 6.45) is 7.24. The molecule has 1 saturated carbocycles. The van der Waals surface area contributed by atoms with Gasteiger partial charge in [-0.1, -0.05) is 37.6 Å². The number of rotatable bonds is 4. The lowest BCUT2D eigenvalue weighted by molar-refractivity contribution is -0.235. The third kappa shape index (κ3) is 5.29. The van der Waals surface area contributed by atoms with E-state index in [4.69, 9.17) is 34.2 Å². The number of carbonyl (C=O) groups excluding carboxylic acids is 4. The predicted octanol–water partition coefficient (Wildman–Crippen LogP) is 1.23. The number of hydrogen-bond acceptors (Lipinski definition) is 11. The van der Waals surface area contributed by atoms with Crippen molar-refractivity contribution < 1.29 is 47.6 Å². The van der Waals surface area contributed by atoms with E-state index in [0.29, 0.717) is 25.9 Å². The van der Waals surface area contributed by atoms with Gasteiger partial charge in [-0.15, -0.1) is 0 Å². The molecule has 5 aliphatic rings. The summed E-state index contributed by atoms with van der Waals surface area (Å²) in [6.45, 7) is 5.88. The minimum absolute atomic E-state index is 0.0159. The van der Waals surface area contributed by atoms with Gasteiger partial charge in [0.1, 0.15) is 25.0 Å². The zero-order chi connectivity index (χ0) is 30.1. The Bertz CT molecular complexity index is 1190. The molecule has 2 bridgehead atoms. The molecule has 3 fully saturated rings. The van der Waals surface area contributed by atoms with Crippen LogP contribution in [0.4, 0.5) is 0 Å². The maximum absolute atomic E-state index is 13.7. The fourth-order valence-electron chi connectivity index (χ4n) is 7.16. The van der Waals surface area contributed by atoms with E-state index in [1.807, 2.05) is 0 Å². The summed E-state index contributed by atoms with van der Waals surface area (Å²) in [6, 6.07) is 0. The lowest BCUT2D eigenvalue weighted by Crippen LogP contribution is -2.67. The first-order valence-electron chi connectivity index (χ1n) is 14.5. The molecular formula is C30H40N2O10. The lowest BCUT2D eigenvalue weighted by atomic mass is 9.51. The van der Waals surface area contributed by atoms with Crippen LogP contribution in [0, 0.1) is 16.7 Å². The van der Waals surface area contributed by atoms with Gasteiger partial charge in [-0.3, -0.25) is 4.79 Å². The van der Waals surface area contributed by atoms with Crippen LogP contribution in [0.15, 0.2) is 36.0 Å². The molecule has 12 nitrogen and oxygen atoms in total. The van der Waals surface area contributed by atoms with E-state index in [9.17, 15) is 19.2 Å². The first-order chi connectivity index (χ1) is 20.1. The van der Waals surface area contributed by atoms with E-state index in [-0.39, 0.29) is 38.7 Å². The molecule has 42 heavy (non-hydrogen) atoms. The standard InChI is InChI=1S/C30H40N2O10/c1-18-8-10-29-15-38-27(36)26(39-17-32-23(33)14-31)19(2)9-11-37-24(34)6-4-5-7-25(35)42-20-13-22(41-21(29)12-18)30(16-40-30)28(20,29)3/h4-7,12,19-22,26H,8-11,13-17,31H2,1-3H3,(H,32,33)/b6-4+,7-5-/t19-,20-,21?,22-,26+,28-,29-,30+/m1/s1. The van der Waals surface area contributed by atoms with Crippen molar-refractivity contribution in [3.63, 3.8) is 0 Å². The number of nitrogens with two attached hydrogens (primary N) is 1. The van der Waals surface area contributed by atoms with Crippen LogP contribution in [0.25, 0.3) is 0 Å². The highest BCUT2D eigenvalue weighted by atomic mass is 16.6. The fourth-order valence-corrected chi connectivity index (χ4v) is 7.16. The molecule has 8 atom stereocenters. The maximum Gasteiger partial charge on any atom is 0.335 e. The molecule has 1 amide bonds. The second kappa shape index (κ2) is 11.9. The van der Waals surface area contributed by atoms with Crippen molar-refractivity contribution in [3.8, 4) is 0 Å². The summed E-state index contributed by atoms with van der Waals surface area (Å²) in [5.41, 5.74) is 4.41. The van der Waals surface area contributed by atoms with Gasteiger partial charge >= 0.3 is 17.9 Å². The molecule has 12 heteroatoms. The number of hydrogen-bond donors (Lipinski definition) is 2. The van der Waals surface area contributed by atoms with Gasteiger partial charge in [0.15, 0.2) is 6.10 Å². The van der Waals surface area contributed by atoms with Crippen LogP contribution in [-0.2, 0) is 47.6 Å². The number of epoxide rings is 1. The molecule has 3 heterocycles. The van der Waals surface area contributed by atoms with Crippen molar-refractivity contribution in [2.45, 2.75) is 76.5 Å². The highest BCUT2D eigenvalue weighted by Crippen LogP contribution is 2.72. The van der Waals surface area contributed by atoms with E-state index >= 15 is 0 Å². The number of esters is 3. The van der Waals surface area contributed by atoms with E-state index < -0.39 is 58.4 Å². The minimum atomic E-state index is -1.07. The van der Waals surface area contributed by atoms with Crippen molar-refractivity contribution in [2.24, 2.45) is 22.5 Å². The second-order valence-corrected chi connectivity index (χ2v) is 12.1. The third-order valence-electron chi connectivity index (χ3n) is 9.81. The predicted molar refractivity (Wildman–Crippen MR) is 146 cm³/mol. The zero-order valence-electron chi connectivity index (χ0n) is 24.3. The Balaban J connectivity index is 1.49. The normalized spacial score (nSPS) is 41.7. The van der Waals surface area contributed by atoms with Crippen molar-refractivity contribution in [1.82, 2.24) is 5.32 Å². The fraction of sp³-hybridized carbons (Fsp3) is 0.667. The molecule has 0 aromatic rings. The first kappa shape index (κ1) is 30.4. The number of ether oxygens (including phenoxy) is 6. The minimum Gasteiger partial charge on any atom is -0.463 e. The van der Waals surface area contributed by atoms with E-state index in [2.05, 4.69) is 25.2 Å². The highest BCUT2D eigenvalue weighted by molar-refractivity contribution is 5.84. The summed E-state index contributed by atoms with van der Waals surface area (Å²) in [4.78, 5) is 50.4. The Kier molecular flexibility index (Phi) is 8.62. The summed E-state index contributed by atoms with van der Waals surface area (Å²) < 4.78 is 36.0. The maximum atomic E-state index is 13.7. The van der Waals surface area contributed by atoms with E-state index in [1.54, 1.807) is 6.92 Å². The third-order valence-corrected chi connectivity index (χ3v) is 9.81. The van der Waals surface area contributed by atoms with Crippen LogP contribution in [0.3, 0.4) is 0 Å². The lowest BCUT2D eigenvalue weighted by Gasteiger charge is -2.58. The van der Waals surface area contributed by atoms with Crippen LogP contribution >= 0.6 is 0 Å². The van der Waals surface area contributed by atoms with Gasteiger partial charge in [0.2, 0.25) is 5.91 Å². The van der Waals surface area contributed by atoms with E-state index in [1.165, 1.54) is 29.9 Å². The summed E-state index contributed by atoms with van der Waals surface area (Å²) >= 11 is 0. The highest BCUT2D eigenvalue weighted by Gasteiger charge is 2.83. The molecule has 2 saturated heterocycles. The largest absolute Gasteiger partial charge is 0.463 e. The van der Waals surface area contributed by atoms with Crippen molar-refractivity contribution in [1.29, 1.82) is 0 Å². The Morgan fingerprint density at radius 1 is 1.12 bits per heavy atom. The molecule has 3 N–H and O–H groups in total. The van der Waals surface area contributed by atoms with Crippen LogP contribution in [0.5, 0.6) is 0 Å². The summed E-state index contributed by atoms with van der Waals surface area (Å²) in [5, 5.41) is 2.51. The SMILES string of the molecule is CC1=CC2O[C@@H]3C[C@H]4OC(=O)/C=C\C=C\C(=O)OCC[C@@H](C)[C@H](OCNC(=O)CN)C(=O)OC[C@@]2(CC1)[C@]4(C)[C@]31CO1. The van der Waals surface area contributed by atoms with Crippen molar-refractivity contribution >= 4 is 23.8 Å². The molecule has 5 rings (SSSR count). The van der Waals surface area contributed by atoms with Gasteiger partial charge in [0, 0.05) is 24.0 Å². The number of allylic oxidation sites excluding steroid dienone is 3. The number of carbonyl (C=O) groups is 4. The Hall–Kier alpha value is -3.06. The Morgan fingerprint density at radius 2 is 1.86 bits per heavy atom. The van der Waals surface area contributed by atoms with Gasteiger partial charge in [-0.05, 0) is 32.1 Å². The van der Waals surface area contributed by atoms with Gasteiger partial charge in [0.05, 0.1) is 37.4 Å². The van der Waals surface area contributed by atoms with Crippen LogP contribution in [0.2, 0.25) is 0 Å². The van der Waals surface area contributed by atoms with Gasteiger partial charge in [-0.2, -0.15) is 0 Å². The summed E-state index contributed by atoms with van der Waals surface area (Å²) in [7, 11) is 0. The quantitative estimate of drug-likeness (QED) is 0.160. The molecule has 0 radical (unpaired) electrons. The average Bonchev–Trinajstić information content (AvgIpc) is 3.74. The molecule has 1 unspecified atom stereocenters. The topological polar surface area (TPSA) is 165 Å². The van der Waals surface area contributed by atoms with Crippen LogP contribution in [-0.4, -0.2) is 86.9 Å². The number of amides is 1. The molecular weight excluding hydrogens is 548 g/mol. The van der Waals surface area contributed by atoms with Gasteiger partial charge in [0.25, 0.3) is 0 Å².